The molecule has 0 rings (SSSR count). The lowest BCUT2D eigenvalue weighted by atomic mass is 10.0. The van der Waals surface area contributed by atoms with Crippen LogP contribution in [0.25, 0.3) is 0 Å². The molecule has 0 amide bonds. The summed E-state index contributed by atoms with van der Waals surface area (Å²) in [6, 6.07) is 0. The van der Waals surface area contributed by atoms with Crippen LogP contribution in [0.3, 0.4) is 0 Å². The van der Waals surface area contributed by atoms with Crippen LogP contribution in [0.4, 0.5) is 0 Å². The van der Waals surface area contributed by atoms with Crippen molar-refractivity contribution in [2.24, 2.45) is 0 Å². The largest absolute Gasteiger partial charge is 0.472 e. The van der Waals surface area contributed by atoms with Gasteiger partial charge >= 0.3 is 39.5 Å². The van der Waals surface area contributed by atoms with Crippen molar-refractivity contribution in [2.75, 3.05) is 39.6 Å². The minimum Gasteiger partial charge on any atom is -0.462 e. The summed E-state index contributed by atoms with van der Waals surface area (Å²) in [7, 11) is -9.91. The lowest BCUT2D eigenvalue weighted by Crippen LogP contribution is -2.30. The highest BCUT2D eigenvalue weighted by Crippen LogP contribution is 2.45. The van der Waals surface area contributed by atoms with Gasteiger partial charge in [0, 0.05) is 25.7 Å². The van der Waals surface area contributed by atoms with E-state index < -0.39 is 97.5 Å². The summed E-state index contributed by atoms with van der Waals surface area (Å²) in [5.74, 6) is -2.13. The topological polar surface area (TPSA) is 237 Å². The number of ether oxygens (including phenoxy) is 4. The number of allylic oxidation sites excluding steroid dienone is 2. The molecule has 0 aromatic heterocycles. The molecule has 0 spiro atoms. The predicted octanol–water partition coefficient (Wildman–Crippen LogP) is 22.0. The van der Waals surface area contributed by atoms with Gasteiger partial charge in [-0.2, -0.15) is 0 Å². The number of aliphatic hydroxyl groups is 1. The molecule has 17 nitrogen and oxygen atoms in total. The van der Waals surface area contributed by atoms with Gasteiger partial charge in [-0.05, 0) is 51.4 Å². The fraction of sp³-hybridized carbons (Fsp3) is 0.920. The predicted molar refractivity (Wildman–Crippen MR) is 382 cm³/mol. The molecule has 0 saturated heterocycles. The van der Waals surface area contributed by atoms with Crippen molar-refractivity contribution >= 4 is 39.5 Å². The fourth-order valence-corrected chi connectivity index (χ4v) is 12.9. The molecule has 5 atom stereocenters. The monoisotopic (exact) mass is 1380 g/mol. The van der Waals surface area contributed by atoms with Crippen LogP contribution in [0.2, 0.25) is 0 Å². The maximum atomic E-state index is 13.1. The van der Waals surface area contributed by atoms with E-state index in [0.29, 0.717) is 25.7 Å². The zero-order valence-electron chi connectivity index (χ0n) is 60.7. The molecular formula is C75H144O17P2. The molecule has 0 saturated carbocycles. The van der Waals surface area contributed by atoms with Gasteiger partial charge < -0.3 is 33.8 Å². The minimum absolute atomic E-state index is 0.0947. The standard InChI is InChI=1S/C75H144O17P2/c1-5-9-13-17-21-25-29-33-34-38-40-44-48-52-56-60-73(78)86-66-71(92-75(80)62-58-54-50-46-42-37-32-28-24-20-16-12-8-4)68-90-94(83,84)88-64-69(76)63-87-93(81,82)89-67-70(91-74(79)61-57-53-49-45-41-36-31-27-23-19-15-11-7-3)65-85-72(77)59-55-51-47-43-39-35-30-26-22-18-14-10-6-2/h28,32,69-71,76H,5-27,29-31,33-68H2,1-4H3,(H,81,82)(H,83,84)/b32-28-. The van der Waals surface area contributed by atoms with E-state index in [1.165, 1.54) is 205 Å². The number of phosphoric acid groups is 2. The summed E-state index contributed by atoms with van der Waals surface area (Å²) in [6.45, 7) is 4.95. The van der Waals surface area contributed by atoms with E-state index in [9.17, 15) is 43.2 Å². The van der Waals surface area contributed by atoms with Crippen molar-refractivity contribution in [1.82, 2.24) is 0 Å². The van der Waals surface area contributed by atoms with Gasteiger partial charge in [-0.3, -0.25) is 37.3 Å². The van der Waals surface area contributed by atoms with Crippen molar-refractivity contribution in [3.8, 4) is 0 Å². The lowest BCUT2D eigenvalue weighted by molar-refractivity contribution is -0.161. The van der Waals surface area contributed by atoms with Gasteiger partial charge in [-0.25, -0.2) is 9.13 Å². The van der Waals surface area contributed by atoms with Gasteiger partial charge in [0.2, 0.25) is 0 Å². The zero-order chi connectivity index (χ0) is 69.0. The smallest absolute Gasteiger partial charge is 0.462 e. The quantitative estimate of drug-likeness (QED) is 0.0169. The molecule has 0 aliphatic carbocycles. The molecule has 556 valence electrons. The first-order valence-corrected chi connectivity index (χ1v) is 41.9. The average molecular weight is 1380 g/mol. The van der Waals surface area contributed by atoms with Crippen molar-refractivity contribution < 1.29 is 80.2 Å². The van der Waals surface area contributed by atoms with E-state index in [2.05, 4.69) is 39.8 Å². The van der Waals surface area contributed by atoms with Crippen LogP contribution in [0.5, 0.6) is 0 Å². The van der Waals surface area contributed by atoms with Gasteiger partial charge in [0.15, 0.2) is 12.2 Å². The number of carbonyl (C=O) groups excluding carboxylic acids is 4. The summed E-state index contributed by atoms with van der Waals surface area (Å²) in [5.41, 5.74) is 0. The molecule has 0 aliphatic heterocycles. The van der Waals surface area contributed by atoms with Crippen LogP contribution in [0.15, 0.2) is 12.2 Å². The highest BCUT2D eigenvalue weighted by molar-refractivity contribution is 7.47. The fourth-order valence-electron chi connectivity index (χ4n) is 11.3. The Kier molecular flexibility index (Phi) is 67.7. The Bertz CT molecular complexity index is 1840. The number of hydrogen-bond acceptors (Lipinski definition) is 15. The van der Waals surface area contributed by atoms with E-state index in [1.807, 2.05) is 0 Å². The number of esters is 4. The SMILES string of the molecule is CCCCCC/C=C\CCCCCCCC(=O)OC(COC(=O)CCCCCCCCCCCCCCCCC)COP(=O)(O)OCC(O)COP(=O)(O)OCC(COC(=O)CCCCCCCCCCCCCCC)OC(=O)CCCCCCCCCCCCCCC. The Morgan fingerprint density at radius 1 is 0.287 bits per heavy atom. The van der Waals surface area contributed by atoms with E-state index in [-0.39, 0.29) is 25.7 Å². The van der Waals surface area contributed by atoms with Crippen LogP contribution >= 0.6 is 15.6 Å². The van der Waals surface area contributed by atoms with E-state index in [0.717, 1.165) is 103 Å². The Balaban J connectivity index is 5.27. The highest BCUT2D eigenvalue weighted by Gasteiger charge is 2.30. The first-order chi connectivity index (χ1) is 45.7. The third kappa shape index (κ3) is 68.3. The van der Waals surface area contributed by atoms with Gasteiger partial charge in [-0.15, -0.1) is 0 Å². The molecule has 0 radical (unpaired) electrons. The van der Waals surface area contributed by atoms with Gasteiger partial charge in [0.25, 0.3) is 0 Å². The second-order valence-corrected chi connectivity index (χ2v) is 29.6. The number of phosphoric ester groups is 2. The maximum absolute atomic E-state index is 13.1. The van der Waals surface area contributed by atoms with Gasteiger partial charge in [0.05, 0.1) is 26.4 Å². The van der Waals surface area contributed by atoms with Crippen molar-refractivity contribution in [2.45, 2.75) is 406 Å². The molecule has 0 bridgehead atoms. The summed E-state index contributed by atoms with van der Waals surface area (Å²) < 4.78 is 68.5. The molecule has 0 fully saturated rings. The summed E-state index contributed by atoms with van der Waals surface area (Å²) >= 11 is 0. The van der Waals surface area contributed by atoms with Crippen LogP contribution in [0.1, 0.15) is 387 Å². The number of hydrogen-bond donors (Lipinski definition) is 3. The molecule has 0 aliphatic rings. The Hall–Kier alpha value is -2.20. The molecule has 0 heterocycles. The third-order valence-corrected chi connectivity index (χ3v) is 19.2. The molecule has 3 N–H and O–H groups in total. The van der Waals surface area contributed by atoms with Crippen LogP contribution in [-0.2, 0) is 65.4 Å². The highest BCUT2D eigenvalue weighted by atomic mass is 31.2. The number of unbranched alkanes of at least 4 members (excludes halogenated alkanes) is 47. The summed E-state index contributed by atoms with van der Waals surface area (Å²) in [5, 5.41) is 10.6. The van der Waals surface area contributed by atoms with E-state index >= 15 is 0 Å². The van der Waals surface area contributed by atoms with Crippen LogP contribution < -0.4 is 0 Å². The van der Waals surface area contributed by atoms with Crippen molar-refractivity contribution in [3.63, 3.8) is 0 Å². The summed E-state index contributed by atoms with van der Waals surface area (Å²) in [6.07, 6.45) is 60.5. The Labute approximate surface area is 574 Å². The molecule has 19 heteroatoms. The summed E-state index contributed by atoms with van der Waals surface area (Å²) in [4.78, 5) is 72.8. The van der Waals surface area contributed by atoms with Crippen LogP contribution in [-0.4, -0.2) is 96.7 Å². The number of rotatable bonds is 75. The molecule has 94 heavy (non-hydrogen) atoms. The molecule has 0 aromatic carbocycles. The third-order valence-electron chi connectivity index (χ3n) is 17.3. The lowest BCUT2D eigenvalue weighted by Gasteiger charge is -2.21. The van der Waals surface area contributed by atoms with Crippen LogP contribution in [0, 0.1) is 0 Å². The van der Waals surface area contributed by atoms with Gasteiger partial charge in [-0.1, -0.05) is 322 Å². The van der Waals surface area contributed by atoms with Crippen molar-refractivity contribution in [1.29, 1.82) is 0 Å². The molecule has 5 unspecified atom stereocenters. The molecule has 0 aromatic rings. The second kappa shape index (κ2) is 69.3. The van der Waals surface area contributed by atoms with E-state index in [4.69, 9.17) is 37.0 Å². The normalized spacial score (nSPS) is 14.0. The number of carbonyl (C=O) groups is 4. The molecular weight excluding hydrogens is 1230 g/mol. The van der Waals surface area contributed by atoms with E-state index in [1.54, 1.807) is 0 Å². The first-order valence-electron chi connectivity index (χ1n) is 38.9. The van der Waals surface area contributed by atoms with Crippen molar-refractivity contribution in [3.05, 3.63) is 12.2 Å². The average Bonchev–Trinajstić information content (AvgIpc) is 1.63. The maximum Gasteiger partial charge on any atom is 0.472 e. The minimum atomic E-state index is -4.96. The van der Waals surface area contributed by atoms with Gasteiger partial charge in [0.1, 0.15) is 19.3 Å². The number of aliphatic hydroxyl groups excluding tert-OH is 1. The first kappa shape index (κ1) is 91.8. The Morgan fingerprint density at radius 2 is 0.489 bits per heavy atom. The Morgan fingerprint density at radius 3 is 0.745 bits per heavy atom. The zero-order valence-corrected chi connectivity index (χ0v) is 62.5. The second-order valence-electron chi connectivity index (χ2n) is 26.7.